The fraction of sp³-hybridized carbons (Fsp3) is 0.933. The van der Waals surface area contributed by atoms with E-state index in [0.29, 0.717) is 49.1 Å². The van der Waals surface area contributed by atoms with Gasteiger partial charge in [-0.2, -0.15) is 30.7 Å². The van der Waals surface area contributed by atoms with Crippen LogP contribution in [0.4, 0.5) is 0 Å². The van der Waals surface area contributed by atoms with Crippen LogP contribution in [0.15, 0.2) is 30.7 Å². The highest BCUT2D eigenvalue weighted by Gasteiger charge is 2.24. The lowest BCUT2D eigenvalue weighted by molar-refractivity contribution is -0.143. The molecule has 10 nitrogen and oxygen atoms in total. The summed E-state index contributed by atoms with van der Waals surface area (Å²) in [6, 6.07) is 0. The highest BCUT2D eigenvalue weighted by Crippen LogP contribution is 2.32. The molecule has 0 aromatic rings. The molecule has 0 atom stereocenters. The summed E-state index contributed by atoms with van der Waals surface area (Å²) < 4.78 is 10.8. The summed E-state index contributed by atoms with van der Waals surface area (Å²) in [5.41, 5.74) is -0.434. The van der Waals surface area contributed by atoms with Crippen molar-refractivity contribution in [2.75, 3.05) is 36.2 Å². The maximum Gasteiger partial charge on any atom is 0.306 e. The molecular formula is C30H58N6O4S4. The Morgan fingerprint density at radius 1 is 0.432 bits per heavy atom. The van der Waals surface area contributed by atoms with Crippen molar-refractivity contribution in [3.05, 3.63) is 0 Å². The smallest absolute Gasteiger partial charge is 0.306 e. The fourth-order valence-corrected chi connectivity index (χ4v) is 5.97. The summed E-state index contributed by atoms with van der Waals surface area (Å²) in [5.74, 6) is 2.05. The van der Waals surface area contributed by atoms with Crippen LogP contribution in [-0.2, 0) is 19.1 Å². The number of nitrogens with zero attached hydrogens (tertiary/aromatic N) is 6. The number of hydrogen-bond donors (Lipinski definition) is 0. The van der Waals surface area contributed by atoms with Gasteiger partial charge < -0.3 is 9.47 Å². The van der Waals surface area contributed by atoms with Gasteiger partial charge in [0, 0.05) is 23.0 Å². The number of thioether (sulfide) groups is 4. The minimum atomic E-state index is -0.466. The summed E-state index contributed by atoms with van der Waals surface area (Å²) in [4.78, 5) is 22.6. The van der Waals surface area contributed by atoms with Crippen LogP contribution >= 0.6 is 47.0 Å². The van der Waals surface area contributed by atoms with E-state index in [2.05, 4.69) is 30.7 Å². The summed E-state index contributed by atoms with van der Waals surface area (Å²) in [6.45, 7) is 28.6. The third-order valence-corrected chi connectivity index (χ3v) is 9.55. The van der Waals surface area contributed by atoms with Gasteiger partial charge in [-0.05, 0) is 96.9 Å². The van der Waals surface area contributed by atoms with E-state index in [1.165, 1.54) is 0 Å². The SMILES string of the molecule is CC(C)(C)N=NC(C)(C)SCCC(=O)OCCSC(C)(C)/N=N/C(C)(C)SCCOC(=O)CCSC(C)(C)N=NC(C)(C)C. The monoisotopic (exact) mass is 694 g/mol. The van der Waals surface area contributed by atoms with Crippen molar-refractivity contribution in [1.29, 1.82) is 0 Å². The molecule has 0 bridgehead atoms. The Morgan fingerprint density at radius 3 is 0.955 bits per heavy atom. The first-order valence-corrected chi connectivity index (χ1v) is 19.0. The molecule has 0 rings (SSSR count). The van der Waals surface area contributed by atoms with Crippen molar-refractivity contribution in [1.82, 2.24) is 0 Å². The second kappa shape index (κ2) is 19.1. The Hall–Kier alpha value is -0.860. The Kier molecular flexibility index (Phi) is 18.7. The molecule has 256 valence electrons. The van der Waals surface area contributed by atoms with E-state index >= 15 is 0 Å². The fourth-order valence-electron chi connectivity index (χ4n) is 2.70. The van der Waals surface area contributed by atoms with Crippen LogP contribution < -0.4 is 0 Å². The first kappa shape index (κ1) is 43.1. The molecule has 0 heterocycles. The third kappa shape index (κ3) is 26.4. The van der Waals surface area contributed by atoms with Crippen molar-refractivity contribution in [3.63, 3.8) is 0 Å². The van der Waals surface area contributed by atoms with Crippen molar-refractivity contribution < 1.29 is 19.1 Å². The highest BCUT2D eigenvalue weighted by atomic mass is 32.2. The van der Waals surface area contributed by atoms with Crippen LogP contribution in [0, 0.1) is 0 Å². The Bertz CT molecular complexity index is 896. The molecule has 0 radical (unpaired) electrons. The van der Waals surface area contributed by atoms with Crippen molar-refractivity contribution >= 4 is 59.0 Å². The van der Waals surface area contributed by atoms with Gasteiger partial charge >= 0.3 is 11.9 Å². The third-order valence-electron chi connectivity index (χ3n) is 4.84. The van der Waals surface area contributed by atoms with Crippen LogP contribution in [0.3, 0.4) is 0 Å². The van der Waals surface area contributed by atoms with Crippen molar-refractivity contribution in [2.24, 2.45) is 30.7 Å². The number of hydrogen-bond acceptors (Lipinski definition) is 14. The molecule has 0 N–H and O–H groups in total. The minimum absolute atomic E-state index is 0.217. The van der Waals surface area contributed by atoms with E-state index in [1.54, 1.807) is 47.0 Å². The molecule has 0 saturated heterocycles. The molecule has 14 heteroatoms. The van der Waals surface area contributed by atoms with Crippen molar-refractivity contribution in [2.45, 2.75) is 140 Å². The van der Waals surface area contributed by atoms with Gasteiger partial charge in [-0.25, -0.2) is 0 Å². The maximum absolute atomic E-state index is 12.2. The predicted octanol–water partition coefficient (Wildman–Crippen LogP) is 9.68. The lowest BCUT2D eigenvalue weighted by Crippen LogP contribution is -2.19. The molecule has 44 heavy (non-hydrogen) atoms. The average Bonchev–Trinajstić information content (AvgIpc) is 2.85. The second-order valence-corrected chi connectivity index (χ2v) is 20.8. The number of esters is 2. The lowest BCUT2D eigenvalue weighted by atomic mass is 10.1. The van der Waals surface area contributed by atoms with Gasteiger partial charge in [-0.3, -0.25) is 9.59 Å². The molecule has 0 unspecified atom stereocenters. The van der Waals surface area contributed by atoms with Crippen LogP contribution in [0.5, 0.6) is 0 Å². The van der Waals surface area contributed by atoms with Gasteiger partial charge in [-0.1, -0.05) is 0 Å². The minimum Gasteiger partial charge on any atom is -0.465 e. The van der Waals surface area contributed by atoms with Gasteiger partial charge in [-0.15, -0.1) is 47.0 Å². The maximum atomic E-state index is 12.2. The Balaban J connectivity index is 4.29. The zero-order chi connectivity index (χ0) is 34.3. The topological polar surface area (TPSA) is 127 Å². The molecule has 0 aliphatic heterocycles. The molecule has 0 fully saturated rings. The van der Waals surface area contributed by atoms with Crippen molar-refractivity contribution in [3.8, 4) is 0 Å². The van der Waals surface area contributed by atoms with Gasteiger partial charge in [0.1, 0.15) is 32.7 Å². The Labute approximate surface area is 284 Å². The Morgan fingerprint density at radius 2 is 0.682 bits per heavy atom. The summed E-state index contributed by atoms with van der Waals surface area (Å²) in [7, 11) is 0. The van der Waals surface area contributed by atoms with Crippen LogP contribution in [0.2, 0.25) is 0 Å². The molecule has 0 aliphatic carbocycles. The first-order valence-electron chi connectivity index (χ1n) is 15.0. The van der Waals surface area contributed by atoms with E-state index in [-0.39, 0.29) is 32.8 Å². The number of azo groups is 3. The molecule has 0 aromatic carbocycles. The van der Waals surface area contributed by atoms with Crippen LogP contribution in [0.1, 0.15) is 110 Å². The van der Waals surface area contributed by atoms with E-state index in [1.807, 2.05) is 96.9 Å². The van der Waals surface area contributed by atoms with Crippen LogP contribution in [-0.4, -0.2) is 78.7 Å². The highest BCUT2D eigenvalue weighted by molar-refractivity contribution is 8.01. The average molecular weight is 695 g/mol. The number of rotatable bonds is 20. The zero-order valence-corrected chi connectivity index (χ0v) is 32.9. The summed E-state index contributed by atoms with van der Waals surface area (Å²) >= 11 is 6.33. The van der Waals surface area contributed by atoms with E-state index in [9.17, 15) is 9.59 Å². The first-order chi connectivity index (χ1) is 19.8. The molecule has 0 aromatic heterocycles. The van der Waals surface area contributed by atoms with Gasteiger partial charge in [0.2, 0.25) is 0 Å². The van der Waals surface area contributed by atoms with Gasteiger partial charge in [0.25, 0.3) is 0 Å². The molecular weight excluding hydrogens is 637 g/mol. The molecule has 0 amide bonds. The lowest BCUT2D eigenvalue weighted by Gasteiger charge is -2.22. The van der Waals surface area contributed by atoms with E-state index in [0.717, 1.165) is 0 Å². The molecule has 0 spiro atoms. The quantitative estimate of drug-likeness (QED) is 0.0700. The molecule has 0 saturated carbocycles. The summed E-state index contributed by atoms with van der Waals surface area (Å²) in [6.07, 6.45) is 0.657. The predicted molar refractivity (Wildman–Crippen MR) is 191 cm³/mol. The number of carbonyl (C=O) groups excluding carboxylic acids is 2. The normalized spacial score (nSPS) is 14.2. The van der Waals surface area contributed by atoms with Gasteiger partial charge in [0.15, 0.2) is 0 Å². The van der Waals surface area contributed by atoms with Gasteiger partial charge in [0.05, 0.1) is 23.9 Å². The summed E-state index contributed by atoms with van der Waals surface area (Å²) in [5, 5.41) is 26.5. The standard InChI is InChI=1S/C30H58N6O4S4/c1-25(2,3)31-33-27(7,8)41-19-15-23(37)39-17-21-43-29(11,12)35-36-30(13,14)44-22-18-40-24(38)16-20-42-28(9,10)34-32-26(4,5)6/h15-22H2,1-14H3/b33-31?,34-32?,36-35+. The molecule has 0 aliphatic rings. The second-order valence-electron chi connectivity index (χ2n) is 14.1. The largest absolute Gasteiger partial charge is 0.465 e. The zero-order valence-electron chi connectivity index (χ0n) is 29.6. The van der Waals surface area contributed by atoms with Crippen LogP contribution in [0.25, 0.3) is 0 Å². The van der Waals surface area contributed by atoms with E-state index < -0.39 is 9.74 Å². The number of carbonyl (C=O) groups is 2. The number of ether oxygens (including phenoxy) is 2. The van der Waals surface area contributed by atoms with E-state index in [4.69, 9.17) is 9.47 Å².